The molecule has 0 bridgehead atoms. The number of nitrogens with one attached hydrogen (secondary N) is 1. The van der Waals surface area contributed by atoms with Crippen molar-refractivity contribution in [3.63, 3.8) is 0 Å². The fourth-order valence-corrected chi connectivity index (χ4v) is 2.52. The number of anilines is 1. The third-order valence-electron chi connectivity index (χ3n) is 2.87. The van der Waals surface area contributed by atoms with Crippen molar-refractivity contribution in [2.45, 2.75) is 13.0 Å². The van der Waals surface area contributed by atoms with Gasteiger partial charge in [0.1, 0.15) is 17.4 Å². The molecule has 0 aliphatic rings. The van der Waals surface area contributed by atoms with Gasteiger partial charge in [-0.05, 0) is 30.7 Å². The van der Waals surface area contributed by atoms with Gasteiger partial charge in [0.25, 0.3) is 0 Å². The second-order valence-corrected chi connectivity index (χ2v) is 5.02. The second kappa shape index (κ2) is 5.85. The highest BCUT2D eigenvalue weighted by Gasteiger charge is 2.12. The van der Waals surface area contributed by atoms with Crippen LogP contribution < -0.4 is 5.32 Å². The van der Waals surface area contributed by atoms with E-state index in [2.05, 4.69) is 21.2 Å². The summed E-state index contributed by atoms with van der Waals surface area (Å²) in [4.78, 5) is 0. The van der Waals surface area contributed by atoms with Gasteiger partial charge < -0.3 is 5.32 Å². The van der Waals surface area contributed by atoms with Gasteiger partial charge in [-0.15, -0.1) is 0 Å². The van der Waals surface area contributed by atoms with Crippen LogP contribution in [0.2, 0.25) is 0 Å². The van der Waals surface area contributed by atoms with E-state index < -0.39 is 5.82 Å². The zero-order chi connectivity index (χ0) is 13.8. The summed E-state index contributed by atoms with van der Waals surface area (Å²) in [5.74, 6) is -0.508. The molecule has 0 spiro atoms. The van der Waals surface area contributed by atoms with Crippen molar-refractivity contribution < 1.29 is 4.39 Å². The molecule has 0 aliphatic carbocycles. The van der Waals surface area contributed by atoms with Crippen LogP contribution in [0.1, 0.15) is 24.1 Å². The van der Waals surface area contributed by atoms with Gasteiger partial charge in [0.2, 0.25) is 0 Å². The van der Waals surface area contributed by atoms with E-state index in [4.69, 9.17) is 5.26 Å². The van der Waals surface area contributed by atoms with Gasteiger partial charge in [-0.3, -0.25) is 0 Å². The molecule has 1 atom stereocenters. The van der Waals surface area contributed by atoms with E-state index in [1.165, 1.54) is 6.07 Å². The molecule has 0 aliphatic heterocycles. The fourth-order valence-electron chi connectivity index (χ4n) is 1.90. The van der Waals surface area contributed by atoms with E-state index in [9.17, 15) is 4.39 Å². The number of rotatable bonds is 3. The van der Waals surface area contributed by atoms with Gasteiger partial charge in [-0.2, -0.15) is 5.26 Å². The highest BCUT2D eigenvalue weighted by Crippen LogP contribution is 2.28. The first kappa shape index (κ1) is 13.6. The van der Waals surface area contributed by atoms with Gasteiger partial charge in [0.15, 0.2) is 0 Å². The Labute approximate surface area is 120 Å². The van der Waals surface area contributed by atoms with Crippen LogP contribution in [-0.4, -0.2) is 0 Å². The quantitative estimate of drug-likeness (QED) is 0.895. The first-order valence-electron chi connectivity index (χ1n) is 5.83. The van der Waals surface area contributed by atoms with Crippen molar-refractivity contribution >= 4 is 21.6 Å². The average Bonchev–Trinajstić information content (AvgIpc) is 2.39. The Hall–Kier alpha value is -1.86. The highest BCUT2D eigenvalue weighted by molar-refractivity contribution is 9.10. The topological polar surface area (TPSA) is 35.8 Å². The van der Waals surface area contributed by atoms with Crippen LogP contribution in [0.3, 0.4) is 0 Å². The molecule has 1 unspecified atom stereocenters. The lowest BCUT2D eigenvalue weighted by Crippen LogP contribution is -2.09. The number of hydrogen-bond donors (Lipinski definition) is 1. The predicted octanol–water partition coefficient (Wildman–Crippen LogP) is 4.63. The van der Waals surface area contributed by atoms with Gasteiger partial charge in [-0.25, -0.2) is 4.39 Å². The number of hydrogen-bond acceptors (Lipinski definition) is 2. The summed E-state index contributed by atoms with van der Waals surface area (Å²) in [6.45, 7) is 1.96. The van der Waals surface area contributed by atoms with Crippen molar-refractivity contribution in [3.05, 3.63) is 63.9 Å². The fraction of sp³-hybridized carbons (Fsp3) is 0.133. The summed E-state index contributed by atoms with van der Waals surface area (Å²) in [7, 11) is 0. The molecule has 0 saturated heterocycles. The number of nitrogens with zero attached hydrogens (tertiary/aromatic N) is 1. The van der Waals surface area contributed by atoms with Gasteiger partial charge in [-0.1, -0.05) is 40.2 Å². The van der Waals surface area contributed by atoms with E-state index in [-0.39, 0.29) is 11.6 Å². The van der Waals surface area contributed by atoms with Crippen molar-refractivity contribution in [1.82, 2.24) is 0 Å². The molecule has 2 aromatic rings. The third kappa shape index (κ3) is 2.94. The zero-order valence-corrected chi connectivity index (χ0v) is 11.9. The molecule has 0 amide bonds. The van der Waals surface area contributed by atoms with Crippen LogP contribution in [0, 0.1) is 17.1 Å². The molecule has 2 rings (SSSR count). The third-order valence-corrected chi connectivity index (χ3v) is 3.59. The van der Waals surface area contributed by atoms with Gasteiger partial charge >= 0.3 is 0 Å². The average molecular weight is 319 g/mol. The van der Waals surface area contributed by atoms with Crippen LogP contribution in [-0.2, 0) is 0 Å². The van der Waals surface area contributed by atoms with Crippen molar-refractivity contribution in [2.24, 2.45) is 0 Å². The Morgan fingerprint density at radius 1 is 1.21 bits per heavy atom. The molecule has 1 N–H and O–H groups in total. The Morgan fingerprint density at radius 3 is 2.63 bits per heavy atom. The second-order valence-electron chi connectivity index (χ2n) is 4.16. The molecule has 96 valence electrons. The summed E-state index contributed by atoms with van der Waals surface area (Å²) < 4.78 is 14.5. The van der Waals surface area contributed by atoms with Crippen molar-refractivity contribution in [2.75, 3.05) is 5.32 Å². The Morgan fingerprint density at radius 2 is 1.95 bits per heavy atom. The molecule has 2 aromatic carbocycles. The first-order valence-corrected chi connectivity index (χ1v) is 6.62. The summed E-state index contributed by atoms with van der Waals surface area (Å²) in [6.07, 6.45) is 0. The highest BCUT2D eigenvalue weighted by atomic mass is 79.9. The van der Waals surface area contributed by atoms with E-state index >= 15 is 0 Å². The standard InChI is InChI=1S/C15H12BrFN2/c1-10(11-5-2-3-6-13(11)16)19-15-8-4-7-14(17)12(15)9-18/h2-8,10,19H,1H3. The van der Waals surface area contributed by atoms with Crippen LogP contribution in [0.4, 0.5) is 10.1 Å². The maximum atomic E-state index is 13.5. The SMILES string of the molecule is CC(Nc1cccc(F)c1C#N)c1ccccc1Br. The van der Waals surface area contributed by atoms with Gasteiger partial charge in [0, 0.05) is 10.5 Å². The largest absolute Gasteiger partial charge is 0.377 e. The number of benzene rings is 2. The van der Waals surface area contributed by atoms with Crippen LogP contribution >= 0.6 is 15.9 Å². The van der Waals surface area contributed by atoms with E-state index in [0.717, 1.165) is 10.0 Å². The van der Waals surface area contributed by atoms with Crippen LogP contribution in [0.5, 0.6) is 0 Å². The van der Waals surface area contributed by atoms with Gasteiger partial charge in [0.05, 0.1) is 5.69 Å². The molecule has 0 fully saturated rings. The minimum atomic E-state index is -0.508. The molecule has 2 nitrogen and oxygen atoms in total. The lowest BCUT2D eigenvalue weighted by atomic mass is 10.1. The summed E-state index contributed by atoms with van der Waals surface area (Å²) in [6, 6.07) is 14.2. The molecular weight excluding hydrogens is 307 g/mol. The first-order chi connectivity index (χ1) is 9.13. The predicted molar refractivity (Wildman–Crippen MR) is 77.3 cm³/mol. The van der Waals surface area contributed by atoms with Crippen molar-refractivity contribution in [1.29, 1.82) is 5.26 Å². The minimum Gasteiger partial charge on any atom is -0.377 e. The maximum Gasteiger partial charge on any atom is 0.143 e. The number of halogens is 2. The molecule has 0 saturated carbocycles. The molecule has 4 heteroatoms. The Bertz CT molecular complexity index is 634. The molecule has 0 aromatic heterocycles. The van der Waals surface area contributed by atoms with Crippen LogP contribution in [0.15, 0.2) is 46.9 Å². The van der Waals surface area contributed by atoms with E-state index in [1.807, 2.05) is 37.3 Å². The zero-order valence-electron chi connectivity index (χ0n) is 10.3. The smallest absolute Gasteiger partial charge is 0.143 e. The summed E-state index contributed by atoms with van der Waals surface area (Å²) in [5.41, 5.74) is 1.60. The van der Waals surface area contributed by atoms with E-state index in [1.54, 1.807) is 12.1 Å². The maximum absolute atomic E-state index is 13.5. The minimum absolute atomic E-state index is 0.0375. The lowest BCUT2D eigenvalue weighted by Gasteiger charge is -2.18. The number of nitriles is 1. The summed E-state index contributed by atoms with van der Waals surface area (Å²) >= 11 is 3.48. The Balaban J connectivity index is 2.30. The molecule has 0 heterocycles. The Kier molecular flexibility index (Phi) is 4.18. The molecule has 0 radical (unpaired) electrons. The van der Waals surface area contributed by atoms with Crippen molar-refractivity contribution in [3.8, 4) is 6.07 Å². The van der Waals surface area contributed by atoms with Crippen LogP contribution in [0.25, 0.3) is 0 Å². The normalized spacial score (nSPS) is 11.7. The summed E-state index contributed by atoms with van der Waals surface area (Å²) in [5, 5.41) is 12.2. The monoisotopic (exact) mass is 318 g/mol. The molecule has 19 heavy (non-hydrogen) atoms. The van der Waals surface area contributed by atoms with E-state index in [0.29, 0.717) is 5.69 Å². The lowest BCUT2D eigenvalue weighted by molar-refractivity contribution is 0.624. The molecular formula is C15H12BrFN2.